The molecule has 4 heteroatoms. The Bertz CT molecular complexity index is 344. The number of hydrogen-bond donors (Lipinski definition) is 1. The summed E-state index contributed by atoms with van der Waals surface area (Å²) in [6.45, 7) is 13.6. The van der Waals surface area contributed by atoms with Crippen molar-refractivity contribution < 1.29 is 8.42 Å². The van der Waals surface area contributed by atoms with E-state index in [1.165, 1.54) is 0 Å². The molecule has 0 bridgehead atoms. The van der Waals surface area contributed by atoms with Crippen LogP contribution >= 0.6 is 0 Å². The van der Waals surface area contributed by atoms with Crippen LogP contribution in [0.15, 0.2) is 0 Å². The van der Waals surface area contributed by atoms with E-state index in [0.717, 1.165) is 25.8 Å². The lowest BCUT2D eigenvalue weighted by atomic mass is 9.82. The molecule has 0 aromatic carbocycles. The minimum atomic E-state index is -2.86. The van der Waals surface area contributed by atoms with E-state index in [9.17, 15) is 8.42 Å². The van der Waals surface area contributed by atoms with Crippen molar-refractivity contribution in [3.63, 3.8) is 0 Å². The van der Waals surface area contributed by atoms with Gasteiger partial charge in [-0.3, -0.25) is 0 Å². The lowest BCUT2D eigenvalue weighted by Crippen LogP contribution is -2.43. The normalized spacial score (nSPS) is 16.3. The average molecular weight is 292 g/mol. The van der Waals surface area contributed by atoms with Crippen molar-refractivity contribution >= 4 is 9.84 Å². The molecular weight excluding hydrogens is 258 g/mol. The summed E-state index contributed by atoms with van der Waals surface area (Å²) in [6, 6.07) is 0. The van der Waals surface area contributed by atoms with Gasteiger partial charge in [-0.2, -0.15) is 0 Å². The number of sulfone groups is 1. The van der Waals surface area contributed by atoms with Gasteiger partial charge >= 0.3 is 0 Å². The van der Waals surface area contributed by atoms with Crippen LogP contribution in [0.4, 0.5) is 0 Å². The number of rotatable bonds is 9. The largest absolute Gasteiger partial charge is 0.312 e. The van der Waals surface area contributed by atoms with Gasteiger partial charge in [-0.1, -0.05) is 27.2 Å². The Kier molecular flexibility index (Phi) is 7.59. The van der Waals surface area contributed by atoms with Crippen molar-refractivity contribution in [1.82, 2.24) is 5.32 Å². The molecule has 1 unspecified atom stereocenters. The van der Waals surface area contributed by atoms with E-state index < -0.39 is 9.84 Å². The van der Waals surface area contributed by atoms with Crippen LogP contribution in [-0.4, -0.2) is 32.0 Å². The minimum Gasteiger partial charge on any atom is -0.312 e. The van der Waals surface area contributed by atoms with Gasteiger partial charge in [0.2, 0.25) is 0 Å². The molecule has 1 atom stereocenters. The molecule has 0 saturated carbocycles. The molecule has 19 heavy (non-hydrogen) atoms. The van der Waals surface area contributed by atoms with Crippen molar-refractivity contribution in [2.45, 2.75) is 72.8 Å². The van der Waals surface area contributed by atoms with E-state index in [-0.39, 0.29) is 11.0 Å². The topological polar surface area (TPSA) is 46.2 Å². The Morgan fingerprint density at radius 1 is 0.895 bits per heavy atom. The first kappa shape index (κ1) is 18.9. The third-order valence-corrected chi connectivity index (χ3v) is 5.29. The molecular formula is C15H33NO2S. The molecule has 0 spiro atoms. The first-order valence-corrected chi connectivity index (χ1v) is 9.31. The van der Waals surface area contributed by atoms with Gasteiger partial charge in [0.25, 0.3) is 0 Å². The van der Waals surface area contributed by atoms with Gasteiger partial charge in [-0.15, -0.1) is 0 Å². The molecule has 0 aliphatic heterocycles. The van der Waals surface area contributed by atoms with E-state index >= 15 is 0 Å². The summed E-state index contributed by atoms with van der Waals surface area (Å²) >= 11 is 0. The fourth-order valence-corrected chi connectivity index (χ4v) is 3.83. The van der Waals surface area contributed by atoms with E-state index in [1.807, 2.05) is 6.92 Å². The Morgan fingerprint density at radius 3 is 1.89 bits per heavy atom. The Hall–Kier alpha value is -0.0900. The second-order valence-corrected chi connectivity index (χ2v) is 9.37. The third kappa shape index (κ3) is 9.44. The maximum atomic E-state index is 11.9. The molecule has 0 aromatic heterocycles. The van der Waals surface area contributed by atoms with Crippen LogP contribution < -0.4 is 5.32 Å². The van der Waals surface area contributed by atoms with Crippen LogP contribution in [-0.2, 0) is 9.84 Å². The summed E-state index contributed by atoms with van der Waals surface area (Å²) in [5.74, 6) is 0.644. The molecule has 0 heterocycles. The summed E-state index contributed by atoms with van der Waals surface area (Å²) in [5.41, 5.74) is 0.153. The van der Waals surface area contributed by atoms with E-state index in [0.29, 0.717) is 17.9 Å². The number of hydrogen-bond acceptors (Lipinski definition) is 3. The number of nitrogens with one attached hydrogen (secondary N) is 1. The van der Waals surface area contributed by atoms with Gasteiger partial charge in [-0.25, -0.2) is 8.42 Å². The highest BCUT2D eigenvalue weighted by Crippen LogP contribution is 2.28. The van der Waals surface area contributed by atoms with E-state index in [2.05, 4.69) is 39.9 Å². The van der Waals surface area contributed by atoms with Crippen LogP contribution in [0.2, 0.25) is 0 Å². The van der Waals surface area contributed by atoms with Crippen LogP contribution in [0.3, 0.4) is 0 Å². The Balaban J connectivity index is 4.54. The highest BCUT2D eigenvalue weighted by molar-refractivity contribution is 7.91. The maximum absolute atomic E-state index is 11.9. The second kappa shape index (κ2) is 7.63. The molecule has 0 aromatic rings. The lowest BCUT2D eigenvalue weighted by Gasteiger charge is -2.33. The fourth-order valence-electron chi connectivity index (χ4n) is 2.20. The van der Waals surface area contributed by atoms with Crippen LogP contribution in [0.25, 0.3) is 0 Å². The molecule has 1 N–H and O–H groups in total. The Morgan fingerprint density at radius 2 is 1.47 bits per heavy atom. The fraction of sp³-hybridized carbons (Fsp3) is 1.00. The summed E-state index contributed by atoms with van der Waals surface area (Å²) < 4.78 is 23.7. The van der Waals surface area contributed by atoms with Gasteiger partial charge in [-0.05, 0) is 45.4 Å². The first-order valence-electron chi connectivity index (χ1n) is 7.49. The summed E-state index contributed by atoms with van der Waals surface area (Å²) in [4.78, 5) is 0. The van der Waals surface area contributed by atoms with Gasteiger partial charge < -0.3 is 5.32 Å². The van der Waals surface area contributed by atoms with Crippen LogP contribution in [0.1, 0.15) is 67.2 Å². The molecule has 3 nitrogen and oxygen atoms in total. The molecule has 0 radical (unpaired) electrons. The van der Waals surface area contributed by atoms with Crippen molar-refractivity contribution in [1.29, 1.82) is 0 Å². The third-order valence-electron chi connectivity index (χ3n) is 3.43. The quantitative estimate of drug-likeness (QED) is 0.708. The summed E-state index contributed by atoms with van der Waals surface area (Å²) in [5, 5.41) is 3.52. The van der Waals surface area contributed by atoms with Gasteiger partial charge in [0.1, 0.15) is 9.84 Å². The molecule has 0 saturated heterocycles. The van der Waals surface area contributed by atoms with Crippen molar-refractivity contribution in [2.24, 2.45) is 5.41 Å². The molecule has 0 rings (SSSR count). The highest BCUT2D eigenvalue weighted by Gasteiger charge is 2.27. The monoisotopic (exact) mass is 291 g/mol. The molecule has 116 valence electrons. The molecule has 0 amide bonds. The zero-order chi connectivity index (χ0) is 15.2. The van der Waals surface area contributed by atoms with E-state index in [4.69, 9.17) is 0 Å². The summed E-state index contributed by atoms with van der Waals surface area (Å²) in [6.07, 6.45) is 3.63. The van der Waals surface area contributed by atoms with Crippen molar-refractivity contribution in [2.75, 3.05) is 18.1 Å². The van der Waals surface area contributed by atoms with Crippen LogP contribution in [0, 0.1) is 5.41 Å². The Labute approximate surface area is 120 Å². The summed E-state index contributed by atoms with van der Waals surface area (Å²) in [7, 11) is -2.86. The van der Waals surface area contributed by atoms with Crippen molar-refractivity contribution in [3.8, 4) is 0 Å². The SMILES string of the molecule is CCCC(C)(CCS(=O)(=O)CCC)CNC(C)(C)C. The predicted molar refractivity (Wildman–Crippen MR) is 84.3 cm³/mol. The first-order chi connectivity index (χ1) is 8.54. The van der Waals surface area contributed by atoms with Gasteiger partial charge in [0.05, 0.1) is 5.75 Å². The molecule has 0 aliphatic rings. The maximum Gasteiger partial charge on any atom is 0.150 e. The molecule has 0 fully saturated rings. The van der Waals surface area contributed by atoms with Gasteiger partial charge in [0, 0.05) is 17.8 Å². The van der Waals surface area contributed by atoms with E-state index in [1.54, 1.807) is 0 Å². The predicted octanol–water partition coefficient (Wildman–Crippen LogP) is 3.40. The standard InChI is InChI=1S/C15H33NO2S/c1-7-9-15(6,13-16-14(3,4)5)10-12-19(17,18)11-8-2/h16H,7-13H2,1-6H3. The molecule has 0 aliphatic carbocycles. The lowest BCUT2D eigenvalue weighted by molar-refractivity contribution is 0.238. The smallest absolute Gasteiger partial charge is 0.150 e. The van der Waals surface area contributed by atoms with Crippen LogP contribution in [0.5, 0.6) is 0 Å². The zero-order valence-electron chi connectivity index (χ0n) is 13.7. The highest BCUT2D eigenvalue weighted by atomic mass is 32.2. The average Bonchev–Trinajstić information content (AvgIpc) is 2.24. The zero-order valence-corrected chi connectivity index (χ0v) is 14.5. The van der Waals surface area contributed by atoms with Gasteiger partial charge in [0.15, 0.2) is 0 Å². The van der Waals surface area contributed by atoms with Crippen molar-refractivity contribution in [3.05, 3.63) is 0 Å². The minimum absolute atomic E-state index is 0.0723. The second-order valence-electron chi connectivity index (χ2n) is 7.07.